The highest BCUT2D eigenvalue weighted by Crippen LogP contribution is 2.24. The minimum Gasteiger partial charge on any atom is -0.450 e. The molecular weight excluding hydrogens is 483 g/mol. The molecule has 1 aliphatic heterocycles. The van der Waals surface area contributed by atoms with Crippen LogP contribution in [0.1, 0.15) is 18.3 Å². The van der Waals surface area contributed by atoms with E-state index in [9.17, 15) is 14.4 Å². The Hall–Kier alpha value is -2.82. The number of rotatable bonds is 5. The van der Waals surface area contributed by atoms with E-state index in [2.05, 4.69) is 4.90 Å². The summed E-state index contributed by atoms with van der Waals surface area (Å²) in [6.45, 7) is 5.23. The van der Waals surface area contributed by atoms with Crippen molar-refractivity contribution in [2.24, 2.45) is 14.1 Å². The molecule has 1 aliphatic rings. The number of hydrogen-bond donors (Lipinski definition) is 0. The summed E-state index contributed by atoms with van der Waals surface area (Å²) in [6.07, 6.45) is -0.312. The first kappa shape index (κ1) is 24.3. The topological polar surface area (TPSA) is 94.6 Å². The molecule has 3 heterocycles. The Morgan fingerprint density at radius 3 is 2.38 bits per heavy atom. The average molecular weight is 509 g/mol. The Morgan fingerprint density at radius 2 is 1.74 bits per heavy atom. The highest BCUT2D eigenvalue weighted by molar-refractivity contribution is 6.42. The second-order valence-electron chi connectivity index (χ2n) is 8.20. The molecule has 0 unspecified atom stereocenters. The molecule has 4 rings (SSSR count). The molecule has 2 aromatic heterocycles. The molecule has 0 aliphatic carbocycles. The molecule has 34 heavy (non-hydrogen) atoms. The van der Waals surface area contributed by atoms with E-state index < -0.39 is 11.2 Å². The van der Waals surface area contributed by atoms with Gasteiger partial charge in [-0.05, 0) is 24.6 Å². The van der Waals surface area contributed by atoms with Crippen LogP contribution in [-0.2, 0) is 31.9 Å². The average Bonchev–Trinajstić information content (AvgIpc) is 3.17. The fourth-order valence-electron chi connectivity index (χ4n) is 4.11. The zero-order valence-corrected chi connectivity index (χ0v) is 20.8. The fraction of sp³-hybridized carbons (Fsp3) is 0.455. The number of imidazole rings is 1. The molecule has 182 valence electrons. The standard InChI is InChI=1S/C22H26Cl2N6O4/c1-4-34-22(33)29-9-7-28(8-10-29)13-17-25-19-18(20(31)27(3)21(32)26(19)2)30(17)12-14-5-6-15(23)16(24)11-14/h5-6,11H,4,7-10,12-13H2,1-3H3. The van der Waals surface area contributed by atoms with Crippen LogP contribution in [0.25, 0.3) is 11.2 Å². The van der Waals surface area contributed by atoms with Crippen LogP contribution in [0.15, 0.2) is 27.8 Å². The molecule has 1 aromatic carbocycles. The summed E-state index contributed by atoms with van der Waals surface area (Å²) in [5.74, 6) is 0.643. The van der Waals surface area contributed by atoms with Crippen LogP contribution in [0.3, 0.4) is 0 Å². The predicted molar refractivity (Wildman–Crippen MR) is 130 cm³/mol. The molecule has 0 atom stereocenters. The normalized spacial score (nSPS) is 14.7. The number of aromatic nitrogens is 4. The van der Waals surface area contributed by atoms with Crippen LogP contribution in [0.5, 0.6) is 0 Å². The lowest BCUT2D eigenvalue weighted by Crippen LogP contribution is -2.48. The van der Waals surface area contributed by atoms with Crippen LogP contribution < -0.4 is 11.2 Å². The van der Waals surface area contributed by atoms with Crippen molar-refractivity contribution in [2.45, 2.75) is 20.0 Å². The van der Waals surface area contributed by atoms with Crippen LogP contribution in [0.4, 0.5) is 4.79 Å². The van der Waals surface area contributed by atoms with Crippen LogP contribution in [0.2, 0.25) is 10.0 Å². The van der Waals surface area contributed by atoms with Gasteiger partial charge in [0.05, 0.1) is 23.2 Å². The molecule has 1 amide bonds. The number of halogens is 2. The van der Waals surface area contributed by atoms with E-state index in [0.717, 1.165) is 10.1 Å². The summed E-state index contributed by atoms with van der Waals surface area (Å²) in [5, 5.41) is 0.861. The minimum atomic E-state index is -0.439. The van der Waals surface area contributed by atoms with Crippen molar-refractivity contribution >= 4 is 40.5 Å². The molecule has 1 fully saturated rings. The van der Waals surface area contributed by atoms with Gasteiger partial charge in [0.25, 0.3) is 5.56 Å². The van der Waals surface area contributed by atoms with Crippen LogP contribution in [-0.4, -0.2) is 67.4 Å². The number of carbonyl (C=O) groups excluding carboxylic acids is 1. The SMILES string of the molecule is CCOC(=O)N1CCN(Cc2nc3c(c(=O)n(C)c(=O)n3C)n2Cc2ccc(Cl)c(Cl)c2)CC1. The first-order chi connectivity index (χ1) is 16.2. The van der Waals surface area contributed by atoms with E-state index in [1.165, 1.54) is 11.6 Å². The van der Waals surface area contributed by atoms with Gasteiger partial charge >= 0.3 is 11.8 Å². The van der Waals surface area contributed by atoms with E-state index in [1.807, 2.05) is 10.6 Å². The van der Waals surface area contributed by atoms with Gasteiger partial charge in [-0.2, -0.15) is 0 Å². The van der Waals surface area contributed by atoms with E-state index in [-0.39, 0.29) is 6.09 Å². The molecule has 3 aromatic rings. The molecular formula is C22H26Cl2N6O4. The maximum atomic E-state index is 13.1. The van der Waals surface area contributed by atoms with Crippen molar-refractivity contribution < 1.29 is 9.53 Å². The smallest absolute Gasteiger partial charge is 0.409 e. The number of fused-ring (bicyclic) bond motifs is 1. The fourth-order valence-corrected chi connectivity index (χ4v) is 4.43. The number of carbonyl (C=O) groups is 1. The molecule has 12 heteroatoms. The molecule has 0 spiro atoms. The Labute approximate surface area is 205 Å². The Kier molecular flexibility index (Phi) is 7.01. The Morgan fingerprint density at radius 1 is 1.03 bits per heavy atom. The number of piperazine rings is 1. The van der Waals surface area contributed by atoms with E-state index in [4.69, 9.17) is 32.9 Å². The summed E-state index contributed by atoms with van der Waals surface area (Å²) in [7, 11) is 3.05. The van der Waals surface area contributed by atoms with Crippen molar-refractivity contribution in [3.8, 4) is 0 Å². The van der Waals surface area contributed by atoms with Gasteiger partial charge in [0.2, 0.25) is 0 Å². The third-order valence-corrected chi connectivity index (χ3v) is 6.75. The molecule has 1 saturated heterocycles. The lowest BCUT2D eigenvalue weighted by Gasteiger charge is -2.33. The minimum absolute atomic E-state index is 0.312. The van der Waals surface area contributed by atoms with Gasteiger partial charge in [0, 0.05) is 46.8 Å². The van der Waals surface area contributed by atoms with Gasteiger partial charge < -0.3 is 14.2 Å². The number of ether oxygens (including phenoxy) is 1. The predicted octanol–water partition coefficient (Wildman–Crippen LogP) is 2.06. The van der Waals surface area contributed by atoms with Crippen LogP contribution >= 0.6 is 23.2 Å². The van der Waals surface area contributed by atoms with Crippen molar-refractivity contribution in [2.75, 3.05) is 32.8 Å². The molecule has 0 radical (unpaired) electrons. The Bertz CT molecular complexity index is 1350. The van der Waals surface area contributed by atoms with Gasteiger partial charge in [0.15, 0.2) is 11.2 Å². The van der Waals surface area contributed by atoms with E-state index >= 15 is 0 Å². The number of benzene rings is 1. The largest absolute Gasteiger partial charge is 0.450 e. The first-order valence-corrected chi connectivity index (χ1v) is 11.7. The third kappa shape index (κ3) is 4.57. The first-order valence-electron chi connectivity index (χ1n) is 10.9. The van der Waals surface area contributed by atoms with Crippen molar-refractivity contribution in [1.82, 2.24) is 28.5 Å². The number of nitrogens with zero attached hydrogens (tertiary/aromatic N) is 6. The Balaban J connectivity index is 1.70. The summed E-state index contributed by atoms with van der Waals surface area (Å²) in [6, 6.07) is 5.30. The van der Waals surface area contributed by atoms with E-state index in [0.29, 0.717) is 72.9 Å². The maximum absolute atomic E-state index is 13.1. The number of hydrogen-bond acceptors (Lipinski definition) is 6. The second-order valence-corrected chi connectivity index (χ2v) is 9.02. The second kappa shape index (κ2) is 9.81. The lowest BCUT2D eigenvalue weighted by molar-refractivity contribution is 0.0769. The highest BCUT2D eigenvalue weighted by atomic mass is 35.5. The van der Waals surface area contributed by atoms with Crippen LogP contribution in [0, 0.1) is 0 Å². The van der Waals surface area contributed by atoms with Crippen molar-refractivity contribution in [3.63, 3.8) is 0 Å². The zero-order valence-electron chi connectivity index (χ0n) is 19.3. The van der Waals surface area contributed by atoms with Gasteiger partial charge in [-0.25, -0.2) is 14.6 Å². The molecule has 0 saturated carbocycles. The highest BCUT2D eigenvalue weighted by Gasteiger charge is 2.25. The molecule has 0 N–H and O–H groups in total. The monoisotopic (exact) mass is 508 g/mol. The molecule has 10 nitrogen and oxygen atoms in total. The quantitative estimate of drug-likeness (QED) is 0.523. The van der Waals surface area contributed by atoms with Crippen molar-refractivity contribution in [3.05, 3.63) is 60.5 Å². The van der Waals surface area contributed by atoms with Gasteiger partial charge in [-0.3, -0.25) is 18.8 Å². The molecule has 0 bridgehead atoms. The van der Waals surface area contributed by atoms with Crippen molar-refractivity contribution in [1.29, 1.82) is 0 Å². The third-order valence-electron chi connectivity index (χ3n) is 6.02. The summed E-state index contributed by atoms with van der Waals surface area (Å²) < 4.78 is 9.38. The summed E-state index contributed by atoms with van der Waals surface area (Å²) in [4.78, 5) is 46.1. The van der Waals surface area contributed by atoms with Gasteiger partial charge in [-0.1, -0.05) is 29.3 Å². The zero-order chi connectivity index (χ0) is 24.6. The maximum Gasteiger partial charge on any atom is 0.409 e. The number of amides is 1. The summed E-state index contributed by atoms with van der Waals surface area (Å²) in [5.41, 5.74) is 0.664. The van der Waals surface area contributed by atoms with E-state index in [1.54, 1.807) is 31.0 Å². The lowest BCUT2D eigenvalue weighted by atomic mass is 10.2. The number of aryl methyl sites for hydroxylation is 1. The van der Waals surface area contributed by atoms with Gasteiger partial charge in [-0.15, -0.1) is 0 Å². The summed E-state index contributed by atoms with van der Waals surface area (Å²) >= 11 is 12.3. The van der Waals surface area contributed by atoms with Gasteiger partial charge in [0.1, 0.15) is 5.82 Å².